The SMILES string of the molecule is O=C(CCCCS(=O)(=O)N1CCCCC1)Nc1ccccc1C(F)(F)F. The van der Waals surface area contributed by atoms with Crippen LogP contribution in [0.1, 0.15) is 44.1 Å². The third-order valence-electron chi connectivity index (χ3n) is 4.27. The maximum Gasteiger partial charge on any atom is 0.418 e. The molecule has 0 saturated carbocycles. The molecule has 2 rings (SSSR count). The molecule has 5 nitrogen and oxygen atoms in total. The van der Waals surface area contributed by atoms with Crippen LogP contribution < -0.4 is 5.32 Å². The van der Waals surface area contributed by atoms with Gasteiger partial charge in [-0.3, -0.25) is 4.79 Å². The van der Waals surface area contributed by atoms with Crippen LogP contribution in [0.25, 0.3) is 0 Å². The molecule has 1 saturated heterocycles. The van der Waals surface area contributed by atoms with Gasteiger partial charge in [0.2, 0.25) is 15.9 Å². The van der Waals surface area contributed by atoms with E-state index in [1.165, 1.54) is 22.5 Å². The lowest BCUT2D eigenvalue weighted by Crippen LogP contribution is -2.37. The van der Waals surface area contributed by atoms with Gasteiger partial charge in [-0.15, -0.1) is 0 Å². The number of unbranched alkanes of at least 4 members (excludes halogenated alkanes) is 1. The van der Waals surface area contributed by atoms with E-state index in [0.29, 0.717) is 25.9 Å². The summed E-state index contributed by atoms with van der Waals surface area (Å²) in [4.78, 5) is 11.9. The summed E-state index contributed by atoms with van der Waals surface area (Å²) >= 11 is 0. The van der Waals surface area contributed by atoms with E-state index in [0.717, 1.165) is 25.3 Å². The highest BCUT2D eigenvalue weighted by molar-refractivity contribution is 7.89. The van der Waals surface area contributed by atoms with Crippen LogP contribution in [-0.4, -0.2) is 37.5 Å². The minimum Gasteiger partial charge on any atom is -0.326 e. The summed E-state index contributed by atoms with van der Waals surface area (Å²) in [6.07, 6.45) is -1.22. The van der Waals surface area contributed by atoms with Gasteiger partial charge in [-0.05, 0) is 37.8 Å². The number of benzene rings is 1. The summed E-state index contributed by atoms with van der Waals surface area (Å²) < 4.78 is 64.5. The zero-order chi connectivity index (χ0) is 19.2. The smallest absolute Gasteiger partial charge is 0.326 e. The van der Waals surface area contributed by atoms with Gasteiger partial charge in [0.1, 0.15) is 0 Å². The zero-order valence-corrected chi connectivity index (χ0v) is 15.2. The van der Waals surface area contributed by atoms with E-state index in [1.54, 1.807) is 0 Å². The maximum atomic E-state index is 12.9. The lowest BCUT2D eigenvalue weighted by molar-refractivity contribution is -0.137. The molecule has 1 aromatic rings. The van der Waals surface area contributed by atoms with Crippen LogP contribution in [0.4, 0.5) is 18.9 Å². The number of hydrogen-bond donors (Lipinski definition) is 1. The highest BCUT2D eigenvalue weighted by Crippen LogP contribution is 2.34. The molecule has 1 aliphatic rings. The summed E-state index contributed by atoms with van der Waals surface area (Å²) in [5.74, 6) is -0.601. The van der Waals surface area contributed by atoms with Crippen LogP contribution in [0.15, 0.2) is 24.3 Å². The van der Waals surface area contributed by atoms with E-state index in [1.807, 2.05) is 0 Å². The van der Waals surface area contributed by atoms with Crippen molar-refractivity contribution in [2.24, 2.45) is 0 Å². The predicted molar refractivity (Wildman–Crippen MR) is 93.1 cm³/mol. The van der Waals surface area contributed by atoms with Crippen LogP contribution in [-0.2, 0) is 21.0 Å². The first-order valence-corrected chi connectivity index (χ1v) is 10.2. The Morgan fingerprint density at radius 2 is 1.73 bits per heavy atom. The van der Waals surface area contributed by atoms with Crippen LogP contribution in [0.2, 0.25) is 0 Å². The quantitative estimate of drug-likeness (QED) is 0.721. The monoisotopic (exact) mass is 392 g/mol. The van der Waals surface area contributed by atoms with Gasteiger partial charge in [0, 0.05) is 19.5 Å². The minimum atomic E-state index is -4.55. The zero-order valence-electron chi connectivity index (χ0n) is 14.4. The number of sulfonamides is 1. The first-order valence-electron chi connectivity index (χ1n) is 8.64. The first-order chi connectivity index (χ1) is 12.2. The van der Waals surface area contributed by atoms with Gasteiger partial charge >= 0.3 is 6.18 Å². The fraction of sp³-hybridized carbons (Fsp3) is 0.588. The summed E-state index contributed by atoms with van der Waals surface area (Å²) in [5.41, 5.74) is -1.19. The van der Waals surface area contributed by atoms with Gasteiger partial charge in [-0.2, -0.15) is 13.2 Å². The summed E-state index contributed by atoms with van der Waals surface area (Å²) in [7, 11) is -3.31. The van der Waals surface area contributed by atoms with Crippen LogP contribution >= 0.6 is 0 Å². The average Bonchev–Trinajstić information content (AvgIpc) is 2.59. The van der Waals surface area contributed by atoms with E-state index in [9.17, 15) is 26.4 Å². The molecule has 0 spiro atoms. The molecule has 146 valence electrons. The Bertz CT molecular complexity index is 714. The Kier molecular flexibility index (Phi) is 7.05. The van der Waals surface area contributed by atoms with Crippen molar-refractivity contribution in [1.82, 2.24) is 4.31 Å². The normalized spacial score (nSPS) is 16.4. The fourth-order valence-electron chi connectivity index (χ4n) is 2.89. The second-order valence-electron chi connectivity index (χ2n) is 6.32. The average molecular weight is 392 g/mol. The van der Waals surface area contributed by atoms with Crippen LogP contribution in [0, 0.1) is 0 Å². The Balaban J connectivity index is 1.79. The number of piperidine rings is 1. The second kappa shape index (κ2) is 8.85. The molecule has 1 N–H and O–H groups in total. The van der Waals surface area contributed by atoms with Crippen molar-refractivity contribution in [2.45, 2.75) is 44.7 Å². The van der Waals surface area contributed by atoms with Crippen molar-refractivity contribution < 1.29 is 26.4 Å². The van der Waals surface area contributed by atoms with Gasteiger partial charge in [0.05, 0.1) is 17.0 Å². The molecule has 9 heteroatoms. The summed E-state index contributed by atoms with van der Waals surface area (Å²) in [5, 5.41) is 2.26. The molecule has 0 aliphatic carbocycles. The Morgan fingerprint density at radius 1 is 1.08 bits per heavy atom. The molecule has 0 atom stereocenters. The fourth-order valence-corrected chi connectivity index (χ4v) is 4.54. The van der Waals surface area contributed by atoms with Crippen molar-refractivity contribution >= 4 is 21.6 Å². The molecule has 26 heavy (non-hydrogen) atoms. The third-order valence-corrected chi connectivity index (χ3v) is 6.23. The summed E-state index contributed by atoms with van der Waals surface area (Å²) in [6.45, 7) is 1.08. The van der Waals surface area contributed by atoms with Crippen molar-refractivity contribution in [1.29, 1.82) is 0 Å². The predicted octanol–water partition coefficient (Wildman–Crippen LogP) is 3.63. The lowest BCUT2D eigenvalue weighted by atomic mass is 10.1. The number of hydrogen-bond acceptors (Lipinski definition) is 3. The molecule has 0 unspecified atom stereocenters. The molecule has 1 heterocycles. The number of rotatable bonds is 7. The van der Waals surface area contributed by atoms with Gasteiger partial charge in [0.25, 0.3) is 0 Å². The van der Waals surface area contributed by atoms with Gasteiger partial charge in [-0.25, -0.2) is 12.7 Å². The standard InChI is InChI=1S/C17H23F3N2O3S/c18-17(19,20)14-8-2-3-9-15(14)21-16(23)10-4-7-13-26(24,25)22-11-5-1-6-12-22/h2-3,8-9H,1,4-7,10-13H2,(H,21,23). The van der Waals surface area contributed by atoms with Crippen molar-refractivity contribution in [3.8, 4) is 0 Å². The molecule has 0 bridgehead atoms. The van der Waals surface area contributed by atoms with Gasteiger partial charge in [0.15, 0.2) is 0 Å². The molecule has 0 radical (unpaired) electrons. The number of carbonyl (C=O) groups is 1. The molecule has 1 amide bonds. The van der Waals surface area contributed by atoms with E-state index in [2.05, 4.69) is 5.32 Å². The van der Waals surface area contributed by atoms with E-state index in [-0.39, 0.29) is 17.9 Å². The maximum absolute atomic E-state index is 12.9. The number of alkyl halides is 3. The summed E-state index contributed by atoms with van der Waals surface area (Å²) in [6, 6.07) is 4.77. The van der Waals surface area contributed by atoms with Crippen LogP contribution in [0.3, 0.4) is 0 Å². The third kappa shape index (κ3) is 5.98. The Labute approximate surface area is 151 Å². The number of para-hydroxylation sites is 1. The second-order valence-corrected chi connectivity index (χ2v) is 8.41. The Morgan fingerprint density at radius 3 is 2.38 bits per heavy atom. The number of nitrogens with one attached hydrogen (secondary N) is 1. The topological polar surface area (TPSA) is 66.5 Å². The van der Waals surface area contributed by atoms with Gasteiger partial charge in [-0.1, -0.05) is 18.6 Å². The van der Waals surface area contributed by atoms with Crippen molar-refractivity contribution in [3.63, 3.8) is 0 Å². The molecule has 1 aliphatic heterocycles. The minimum absolute atomic E-state index is 0.0261. The highest BCUT2D eigenvalue weighted by Gasteiger charge is 2.33. The number of carbonyl (C=O) groups excluding carboxylic acids is 1. The molecule has 0 aromatic heterocycles. The Hall–Kier alpha value is -1.61. The number of anilines is 1. The molecular weight excluding hydrogens is 369 g/mol. The van der Waals surface area contributed by atoms with Gasteiger partial charge < -0.3 is 5.32 Å². The number of amides is 1. The molecule has 1 fully saturated rings. The first kappa shape index (κ1) is 20.7. The number of halogens is 3. The van der Waals surface area contributed by atoms with Crippen LogP contribution in [0.5, 0.6) is 0 Å². The van der Waals surface area contributed by atoms with Crippen molar-refractivity contribution in [3.05, 3.63) is 29.8 Å². The molecule has 1 aromatic carbocycles. The lowest BCUT2D eigenvalue weighted by Gasteiger charge is -2.25. The van der Waals surface area contributed by atoms with E-state index in [4.69, 9.17) is 0 Å². The van der Waals surface area contributed by atoms with Crippen molar-refractivity contribution in [2.75, 3.05) is 24.2 Å². The van der Waals surface area contributed by atoms with E-state index >= 15 is 0 Å². The molecular formula is C17H23F3N2O3S. The largest absolute Gasteiger partial charge is 0.418 e. The number of nitrogens with zero attached hydrogens (tertiary/aromatic N) is 1. The van der Waals surface area contributed by atoms with E-state index < -0.39 is 27.7 Å². The highest BCUT2D eigenvalue weighted by atomic mass is 32.2.